The zero-order chi connectivity index (χ0) is 16.2. The fourth-order valence-corrected chi connectivity index (χ4v) is 3.34. The monoisotopic (exact) mass is 334 g/mol. The second-order valence-electron chi connectivity index (χ2n) is 5.16. The summed E-state index contributed by atoms with van der Waals surface area (Å²) in [5.74, 6) is 0.211. The van der Waals surface area contributed by atoms with Gasteiger partial charge in [0.25, 0.3) is 0 Å². The number of nitrogens with one attached hydrogen (secondary N) is 1. The molecular formula is C14H20F2N2O3S. The lowest BCUT2D eigenvalue weighted by molar-refractivity contribution is -0.0498. The Hall–Kier alpha value is -1.41. The Morgan fingerprint density at radius 3 is 2.36 bits per heavy atom. The van der Waals surface area contributed by atoms with Crippen LogP contribution in [0.5, 0.6) is 5.75 Å². The van der Waals surface area contributed by atoms with Gasteiger partial charge in [-0.25, -0.2) is 13.1 Å². The highest BCUT2D eigenvalue weighted by atomic mass is 32.2. The second-order valence-corrected chi connectivity index (χ2v) is 7.20. The first kappa shape index (κ1) is 17.0. The standard InChI is InChI=1S/C14H20F2N2O3S/c1-2-22(19,20)17-11-7-9-18(10-8-11)12-3-5-13(6-4-12)21-14(15)16/h3-6,11,14,17H,2,7-10H2,1H3. The minimum atomic E-state index is -3.17. The van der Waals surface area contributed by atoms with E-state index in [4.69, 9.17) is 0 Å². The summed E-state index contributed by atoms with van der Waals surface area (Å²) in [5.41, 5.74) is 0.915. The highest BCUT2D eigenvalue weighted by molar-refractivity contribution is 7.89. The lowest BCUT2D eigenvalue weighted by atomic mass is 10.1. The van der Waals surface area contributed by atoms with Gasteiger partial charge < -0.3 is 9.64 Å². The van der Waals surface area contributed by atoms with Gasteiger partial charge in [0.05, 0.1) is 5.75 Å². The molecule has 0 aliphatic carbocycles. The molecule has 0 atom stereocenters. The van der Waals surface area contributed by atoms with E-state index in [2.05, 4.69) is 14.4 Å². The van der Waals surface area contributed by atoms with Gasteiger partial charge in [-0.2, -0.15) is 8.78 Å². The van der Waals surface area contributed by atoms with Gasteiger partial charge in [0.15, 0.2) is 0 Å². The van der Waals surface area contributed by atoms with Gasteiger partial charge in [-0.3, -0.25) is 0 Å². The van der Waals surface area contributed by atoms with Crippen LogP contribution in [0.3, 0.4) is 0 Å². The number of hydrogen-bond acceptors (Lipinski definition) is 4. The van der Waals surface area contributed by atoms with E-state index >= 15 is 0 Å². The van der Waals surface area contributed by atoms with Crippen LogP contribution in [0, 0.1) is 0 Å². The fourth-order valence-electron chi connectivity index (χ4n) is 2.43. The zero-order valence-corrected chi connectivity index (χ0v) is 13.2. The molecule has 0 radical (unpaired) electrons. The highest BCUT2D eigenvalue weighted by Gasteiger charge is 2.22. The van der Waals surface area contributed by atoms with Gasteiger partial charge in [-0.15, -0.1) is 0 Å². The van der Waals surface area contributed by atoms with Crippen LogP contribution in [0.1, 0.15) is 19.8 Å². The van der Waals surface area contributed by atoms with Gasteiger partial charge in [-0.05, 0) is 44.0 Å². The quantitative estimate of drug-likeness (QED) is 0.866. The Morgan fingerprint density at radius 2 is 1.86 bits per heavy atom. The normalized spacial score (nSPS) is 17.0. The van der Waals surface area contributed by atoms with Crippen LogP contribution in [-0.2, 0) is 10.0 Å². The first-order valence-electron chi connectivity index (χ1n) is 7.19. The average molecular weight is 334 g/mol. The third kappa shape index (κ3) is 4.81. The van der Waals surface area contributed by atoms with Crippen LogP contribution >= 0.6 is 0 Å². The Kier molecular flexibility index (Phi) is 5.57. The smallest absolute Gasteiger partial charge is 0.387 e. The van der Waals surface area contributed by atoms with E-state index in [0.29, 0.717) is 25.9 Å². The first-order chi connectivity index (χ1) is 10.4. The molecule has 0 aromatic heterocycles. The fraction of sp³-hybridized carbons (Fsp3) is 0.571. The molecule has 1 N–H and O–H groups in total. The molecule has 1 aromatic rings. The minimum Gasteiger partial charge on any atom is -0.435 e. The number of benzene rings is 1. The van der Waals surface area contributed by atoms with Gasteiger partial charge in [-0.1, -0.05) is 0 Å². The van der Waals surface area contributed by atoms with E-state index in [1.54, 1.807) is 19.1 Å². The predicted molar refractivity (Wildman–Crippen MR) is 80.9 cm³/mol. The zero-order valence-electron chi connectivity index (χ0n) is 12.3. The molecule has 1 fully saturated rings. The van der Waals surface area contributed by atoms with Crippen molar-refractivity contribution in [3.05, 3.63) is 24.3 Å². The molecule has 8 heteroatoms. The molecule has 2 rings (SSSR count). The van der Waals surface area contributed by atoms with E-state index in [-0.39, 0.29) is 17.5 Å². The van der Waals surface area contributed by atoms with Crippen molar-refractivity contribution in [3.8, 4) is 5.75 Å². The number of hydrogen-bond donors (Lipinski definition) is 1. The number of anilines is 1. The summed E-state index contributed by atoms with van der Waals surface area (Å²) < 4.78 is 54.3. The van der Waals surface area contributed by atoms with Crippen molar-refractivity contribution >= 4 is 15.7 Å². The summed E-state index contributed by atoms with van der Waals surface area (Å²) in [5, 5.41) is 0. The highest BCUT2D eigenvalue weighted by Crippen LogP contribution is 2.24. The van der Waals surface area contributed by atoms with Crippen molar-refractivity contribution < 1.29 is 21.9 Å². The molecule has 1 aliphatic rings. The Balaban J connectivity index is 1.89. The second kappa shape index (κ2) is 7.23. The van der Waals surface area contributed by atoms with Crippen LogP contribution in [0.25, 0.3) is 0 Å². The van der Waals surface area contributed by atoms with Crippen LogP contribution in [0.2, 0.25) is 0 Å². The molecule has 124 valence electrons. The molecule has 5 nitrogen and oxygen atoms in total. The minimum absolute atomic E-state index is 0.0392. The van der Waals surface area contributed by atoms with Gasteiger partial charge >= 0.3 is 6.61 Å². The van der Waals surface area contributed by atoms with Gasteiger partial charge in [0.1, 0.15) is 5.75 Å². The number of nitrogens with zero attached hydrogens (tertiary/aromatic N) is 1. The van der Waals surface area contributed by atoms with Gasteiger partial charge in [0, 0.05) is 24.8 Å². The number of alkyl halides is 2. The Labute approximate surface area is 129 Å². The Morgan fingerprint density at radius 1 is 1.27 bits per heavy atom. The number of sulfonamides is 1. The maximum absolute atomic E-state index is 12.1. The van der Waals surface area contributed by atoms with Crippen molar-refractivity contribution in [1.82, 2.24) is 4.72 Å². The van der Waals surface area contributed by atoms with E-state index < -0.39 is 16.6 Å². The lowest BCUT2D eigenvalue weighted by Gasteiger charge is -2.33. The van der Waals surface area contributed by atoms with E-state index in [9.17, 15) is 17.2 Å². The average Bonchev–Trinajstić information content (AvgIpc) is 2.48. The summed E-state index contributed by atoms with van der Waals surface area (Å²) in [4.78, 5) is 2.10. The molecule has 22 heavy (non-hydrogen) atoms. The Bertz CT molecular complexity index is 570. The van der Waals surface area contributed by atoms with E-state index in [1.807, 2.05) is 0 Å². The molecular weight excluding hydrogens is 314 g/mol. The summed E-state index contributed by atoms with van der Waals surface area (Å²) in [6.45, 7) is 0.214. The molecule has 0 spiro atoms. The van der Waals surface area contributed by atoms with Crippen LogP contribution in [0.15, 0.2) is 24.3 Å². The molecule has 1 heterocycles. The largest absolute Gasteiger partial charge is 0.435 e. The van der Waals surface area contributed by atoms with Crippen molar-refractivity contribution in [2.24, 2.45) is 0 Å². The molecule has 0 bridgehead atoms. The number of piperidine rings is 1. The molecule has 0 unspecified atom stereocenters. The molecule has 1 aliphatic heterocycles. The molecule has 1 saturated heterocycles. The maximum atomic E-state index is 12.1. The molecule has 0 saturated carbocycles. The summed E-state index contributed by atoms with van der Waals surface area (Å²) in [6, 6.07) is 6.44. The number of rotatable bonds is 6. The van der Waals surface area contributed by atoms with Crippen molar-refractivity contribution in [1.29, 1.82) is 0 Å². The van der Waals surface area contributed by atoms with Crippen LogP contribution < -0.4 is 14.4 Å². The van der Waals surface area contributed by atoms with Crippen molar-refractivity contribution in [2.75, 3.05) is 23.7 Å². The summed E-state index contributed by atoms with van der Waals surface area (Å²) >= 11 is 0. The van der Waals surface area contributed by atoms with Crippen LogP contribution in [0.4, 0.5) is 14.5 Å². The molecule has 0 amide bonds. The van der Waals surface area contributed by atoms with E-state index in [0.717, 1.165) is 5.69 Å². The third-order valence-electron chi connectivity index (χ3n) is 3.65. The topological polar surface area (TPSA) is 58.6 Å². The van der Waals surface area contributed by atoms with Crippen LogP contribution in [-0.4, -0.2) is 39.9 Å². The SMILES string of the molecule is CCS(=O)(=O)NC1CCN(c2ccc(OC(F)F)cc2)CC1. The van der Waals surface area contributed by atoms with Crippen molar-refractivity contribution in [2.45, 2.75) is 32.4 Å². The van der Waals surface area contributed by atoms with Gasteiger partial charge in [0.2, 0.25) is 10.0 Å². The third-order valence-corrected chi connectivity index (χ3v) is 5.10. The first-order valence-corrected chi connectivity index (χ1v) is 8.84. The molecule has 1 aromatic carbocycles. The summed E-state index contributed by atoms with van der Waals surface area (Å²) in [7, 11) is -3.17. The number of halogens is 2. The predicted octanol–water partition coefficient (Wildman–Crippen LogP) is 2.20. The number of ether oxygens (including phenoxy) is 1. The van der Waals surface area contributed by atoms with E-state index in [1.165, 1.54) is 12.1 Å². The lowest BCUT2D eigenvalue weighted by Crippen LogP contribution is -2.45. The summed E-state index contributed by atoms with van der Waals surface area (Å²) in [6.07, 6.45) is 1.43. The van der Waals surface area contributed by atoms with Crippen molar-refractivity contribution in [3.63, 3.8) is 0 Å². The maximum Gasteiger partial charge on any atom is 0.387 e.